The molecule has 1 heterocycles. The average molecular weight is 257 g/mol. The minimum atomic E-state index is -0.600. The van der Waals surface area contributed by atoms with Crippen LogP contribution in [0.2, 0.25) is 0 Å². The molecule has 0 spiro atoms. The largest absolute Gasteiger partial charge is 0.495 e. The zero-order valence-electron chi connectivity index (χ0n) is 11.3. The van der Waals surface area contributed by atoms with Crippen molar-refractivity contribution in [1.82, 2.24) is 4.98 Å². The number of benzene rings is 1. The van der Waals surface area contributed by atoms with Crippen molar-refractivity contribution in [3.05, 3.63) is 59.4 Å². The molecule has 0 aliphatic heterocycles. The molecule has 1 unspecified atom stereocenters. The highest BCUT2D eigenvalue weighted by atomic mass is 16.5. The van der Waals surface area contributed by atoms with Crippen molar-refractivity contribution in [2.45, 2.75) is 25.9 Å². The number of aliphatic hydroxyl groups excluding tert-OH is 1. The topological polar surface area (TPSA) is 42.4 Å². The van der Waals surface area contributed by atoms with Crippen LogP contribution in [0, 0.1) is 6.92 Å². The number of aryl methyl sites for hydroxylation is 2. The molecule has 0 fully saturated rings. The molecule has 1 atom stereocenters. The van der Waals surface area contributed by atoms with Crippen molar-refractivity contribution in [3.8, 4) is 5.75 Å². The van der Waals surface area contributed by atoms with E-state index in [1.165, 1.54) is 11.1 Å². The van der Waals surface area contributed by atoms with Gasteiger partial charge in [0.15, 0.2) is 0 Å². The summed E-state index contributed by atoms with van der Waals surface area (Å²) < 4.78 is 5.21. The van der Waals surface area contributed by atoms with Crippen LogP contribution >= 0.6 is 0 Å². The second kappa shape index (κ2) is 6.34. The summed E-state index contributed by atoms with van der Waals surface area (Å²) in [6.45, 7) is 2.07. The van der Waals surface area contributed by atoms with Gasteiger partial charge in [-0.15, -0.1) is 0 Å². The first-order valence-electron chi connectivity index (χ1n) is 6.43. The molecule has 2 aromatic rings. The Balaban J connectivity index is 2.01. The number of aromatic nitrogens is 1. The number of nitrogens with zero attached hydrogens (tertiary/aromatic N) is 1. The fourth-order valence-corrected chi connectivity index (χ4v) is 2.02. The number of pyridine rings is 1. The van der Waals surface area contributed by atoms with Gasteiger partial charge in [0.25, 0.3) is 0 Å². The fourth-order valence-electron chi connectivity index (χ4n) is 2.02. The first-order valence-corrected chi connectivity index (χ1v) is 6.43. The van der Waals surface area contributed by atoms with Crippen LogP contribution in [0.15, 0.2) is 42.6 Å². The lowest BCUT2D eigenvalue weighted by molar-refractivity contribution is 0.158. The van der Waals surface area contributed by atoms with E-state index in [2.05, 4.69) is 36.2 Å². The second-order valence-electron chi connectivity index (χ2n) is 4.63. The molecule has 1 N–H and O–H groups in total. The molecule has 19 heavy (non-hydrogen) atoms. The number of hydrogen-bond acceptors (Lipinski definition) is 3. The lowest BCUT2D eigenvalue weighted by Gasteiger charge is -2.13. The van der Waals surface area contributed by atoms with E-state index in [1.807, 2.05) is 6.07 Å². The molecular formula is C16H19NO2. The quantitative estimate of drug-likeness (QED) is 0.895. The van der Waals surface area contributed by atoms with Crippen LogP contribution in [-0.2, 0) is 6.42 Å². The maximum absolute atomic E-state index is 10.2. The molecule has 1 aromatic carbocycles. The van der Waals surface area contributed by atoms with Gasteiger partial charge in [-0.1, -0.05) is 29.8 Å². The van der Waals surface area contributed by atoms with Crippen molar-refractivity contribution in [2.75, 3.05) is 7.11 Å². The normalized spacial score (nSPS) is 12.2. The third-order valence-corrected chi connectivity index (χ3v) is 3.16. The standard InChI is InChI=1S/C16H19NO2/c1-12-5-7-13(8-6-12)9-10-14(18)16-15(19-2)4-3-11-17-16/h3-8,11,14,18H,9-10H2,1-2H3. The minimum Gasteiger partial charge on any atom is -0.495 e. The van der Waals surface area contributed by atoms with Crippen molar-refractivity contribution < 1.29 is 9.84 Å². The van der Waals surface area contributed by atoms with Gasteiger partial charge in [-0.3, -0.25) is 4.98 Å². The van der Waals surface area contributed by atoms with Crippen LogP contribution in [0.3, 0.4) is 0 Å². The smallest absolute Gasteiger partial charge is 0.143 e. The van der Waals surface area contributed by atoms with Gasteiger partial charge in [-0.25, -0.2) is 0 Å². The van der Waals surface area contributed by atoms with Gasteiger partial charge in [-0.2, -0.15) is 0 Å². The Hall–Kier alpha value is -1.87. The number of aliphatic hydroxyl groups is 1. The molecule has 2 rings (SSSR count). The molecule has 0 bridgehead atoms. The molecule has 0 aliphatic carbocycles. The molecule has 0 radical (unpaired) electrons. The summed E-state index contributed by atoms with van der Waals surface area (Å²) in [4.78, 5) is 4.20. The van der Waals surface area contributed by atoms with Crippen molar-refractivity contribution in [3.63, 3.8) is 0 Å². The number of methoxy groups -OCH3 is 1. The summed E-state index contributed by atoms with van der Waals surface area (Å²) in [6, 6.07) is 12.0. The molecule has 0 aliphatic rings. The van der Waals surface area contributed by atoms with E-state index in [0.717, 1.165) is 6.42 Å². The van der Waals surface area contributed by atoms with Gasteiger partial charge in [0.1, 0.15) is 17.5 Å². The Morgan fingerprint density at radius 3 is 2.63 bits per heavy atom. The Morgan fingerprint density at radius 1 is 1.21 bits per heavy atom. The predicted octanol–water partition coefficient (Wildman–Crippen LogP) is 3.06. The lowest BCUT2D eigenvalue weighted by Crippen LogP contribution is -2.04. The summed E-state index contributed by atoms with van der Waals surface area (Å²) >= 11 is 0. The van der Waals surface area contributed by atoms with E-state index < -0.39 is 6.10 Å². The van der Waals surface area contributed by atoms with Crippen molar-refractivity contribution >= 4 is 0 Å². The van der Waals surface area contributed by atoms with E-state index in [9.17, 15) is 5.11 Å². The zero-order chi connectivity index (χ0) is 13.7. The summed E-state index contributed by atoms with van der Waals surface area (Å²) in [5.74, 6) is 0.638. The summed E-state index contributed by atoms with van der Waals surface area (Å²) in [5.41, 5.74) is 3.08. The third kappa shape index (κ3) is 3.55. The molecule has 0 amide bonds. The van der Waals surface area contributed by atoms with Gasteiger partial charge >= 0.3 is 0 Å². The number of rotatable bonds is 5. The van der Waals surface area contributed by atoms with Gasteiger partial charge < -0.3 is 9.84 Å². The monoisotopic (exact) mass is 257 g/mol. The van der Waals surface area contributed by atoms with E-state index in [1.54, 1.807) is 19.4 Å². The fraction of sp³-hybridized carbons (Fsp3) is 0.312. The van der Waals surface area contributed by atoms with Gasteiger partial charge in [0.05, 0.1) is 7.11 Å². The summed E-state index contributed by atoms with van der Waals surface area (Å²) in [7, 11) is 1.59. The van der Waals surface area contributed by atoms with Crippen molar-refractivity contribution in [1.29, 1.82) is 0 Å². The molecule has 3 heteroatoms. The molecule has 100 valence electrons. The highest BCUT2D eigenvalue weighted by molar-refractivity contribution is 5.29. The van der Waals surface area contributed by atoms with Crippen LogP contribution < -0.4 is 4.74 Å². The maximum Gasteiger partial charge on any atom is 0.143 e. The van der Waals surface area contributed by atoms with Gasteiger partial charge in [-0.05, 0) is 37.5 Å². The van der Waals surface area contributed by atoms with E-state index in [4.69, 9.17) is 4.74 Å². The van der Waals surface area contributed by atoms with Crippen LogP contribution in [0.4, 0.5) is 0 Å². The summed E-state index contributed by atoms with van der Waals surface area (Å²) in [6.07, 6.45) is 2.53. The van der Waals surface area contributed by atoms with E-state index in [0.29, 0.717) is 17.9 Å². The lowest BCUT2D eigenvalue weighted by atomic mass is 10.0. The predicted molar refractivity (Wildman–Crippen MR) is 75.2 cm³/mol. The van der Waals surface area contributed by atoms with Crippen LogP contribution in [0.25, 0.3) is 0 Å². The Kier molecular flexibility index (Phi) is 4.53. The first-order chi connectivity index (χ1) is 9.20. The molecule has 1 aromatic heterocycles. The molecule has 3 nitrogen and oxygen atoms in total. The zero-order valence-corrected chi connectivity index (χ0v) is 11.3. The highest BCUT2D eigenvalue weighted by Gasteiger charge is 2.14. The highest BCUT2D eigenvalue weighted by Crippen LogP contribution is 2.25. The second-order valence-corrected chi connectivity index (χ2v) is 4.63. The van der Waals surface area contributed by atoms with Crippen molar-refractivity contribution in [2.24, 2.45) is 0 Å². The van der Waals surface area contributed by atoms with Gasteiger partial charge in [0, 0.05) is 6.20 Å². The van der Waals surface area contributed by atoms with Crippen LogP contribution in [0.5, 0.6) is 5.75 Å². The third-order valence-electron chi connectivity index (χ3n) is 3.16. The number of ether oxygens (including phenoxy) is 1. The Labute approximate surface area is 113 Å². The first kappa shape index (κ1) is 13.6. The average Bonchev–Trinajstić information content (AvgIpc) is 2.46. The minimum absolute atomic E-state index is 0.600. The number of hydrogen-bond donors (Lipinski definition) is 1. The molecule has 0 saturated carbocycles. The summed E-state index contributed by atoms with van der Waals surface area (Å²) in [5, 5.41) is 10.2. The van der Waals surface area contributed by atoms with E-state index in [-0.39, 0.29) is 0 Å². The van der Waals surface area contributed by atoms with Gasteiger partial charge in [0.2, 0.25) is 0 Å². The van der Waals surface area contributed by atoms with Crippen LogP contribution in [0.1, 0.15) is 29.3 Å². The SMILES string of the molecule is COc1cccnc1C(O)CCc1ccc(C)cc1. The Bertz CT molecular complexity index is 523. The van der Waals surface area contributed by atoms with Crippen LogP contribution in [-0.4, -0.2) is 17.2 Å². The molecular weight excluding hydrogens is 238 g/mol. The molecule has 0 saturated heterocycles. The maximum atomic E-state index is 10.2. The Morgan fingerprint density at radius 2 is 1.95 bits per heavy atom. The van der Waals surface area contributed by atoms with E-state index >= 15 is 0 Å².